The second kappa shape index (κ2) is 6.90. The molecule has 0 amide bonds. The zero-order chi connectivity index (χ0) is 13.5. The Bertz CT molecular complexity index is 396. The van der Waals surface area contributed by atoms with Crippen LogP contribution in [-0.4, -0.2) is 47.8 Å². The van der Waals surface area contributed by atoms with E-state index < -0.39 is 5.97 Å². The lowest BCUT2D eigenvalue weighted by molar-refractivity contribution is -0.135. The minimum atomic E-state index is -0.893. The van der Waals surface area contributed by atoms with Crippen molar-refractivity contribution in [3.05, 3.63) is 18.1 Å². The van der Waals surface area contributed by atoms with Crippen molar-refractivity contribution in [2.75, 3.05) is 31.7 Å². The highest BCUT2D eigenvalue weighted by Gasteiger charge is 2.13. The topological polar surface area (TPSA) is 75.5 Å². The molecule has 0 fully saturated rings. The summed E-state index contributed by atoms with van der Waals surface area (Å²) < 4.78 is 4.98. The maximum absolute atomic E-state index is 10.8. The number of carboxylic acids is 1. The number of hydrogen-bond donors (Lipinski definition) is 1. The van der Waals surface area contributed by atoms with E-state index in [0.29, 0.717) is 19.0 Å². The van der Waals surface area contributed by atoms with Gasteiger partial charge in [-0.25, -0.2) is 9.97 Å². The zero-order valence-electron chi connectivity index (χ0n) is 11.0. The fraction of sp³-hybridized carbons (Fsp3) is 0.583. The van der Waals surface area contributed by atoms with Gasteiger partial charge in [-0.05, 0) is 5.92 Å². The average molecular weight is 253 g/mol. The van der Waals surface area contributed by atoms with E-state index in [1.165, 1.54) is 6.33 Å². The number of methoxy groups -OCH3 is 1. The third-order valence-electron chi connectivity index (χ3n) is 2.48. The van der Waals surface area contributed by atoms with Crippen molar-refractivity contribution < 1.29 is 14.6 Å². The number of ether oxygens (including phenoxy) is 1. The normalized spacial score (nSPS) is 10.7. The number of hydrogen-bond acceptors (Lipinski definition) is 5. The van der Waals surface area contributed by atoms with E-state index in [4.69, 9.17) is 9.84 Å². The number of carboxylic acid groups (broad SMARTS) is 1. The van der Waals surface area contributed by atoms with E-state index in [9.17, 15) is 4.79 Å². The quantitative estimate of drug-likeness (QED) is 0.785. The predicted octanol–water partition coefficient (Wildman–Crippen LogP) is 1.14. The first-order chi connectivity index (χ1) is 8.54. The SMILES string of the molecule is COCCN(CC(=O)O)c1cc(C(C)C)ncn1. The Morgan fingerprint density at radius 2 is 2.22 bits per heavy atom. The molecule has 0 bridgehead atoms. The average Bonchev–Trinajstić information content (AvgIpc) is 2.34. The van der Waals surface area contributed by atoms with Crippen LogP contribution in [0.3, 0.4) is 0 Å². The first kappa shape index (κ1) is 14.4. The van der Waals surface area contributed by atoms with Gasteiger partial charge in [0.15, 0.2) is 0 Å². The summed E-state index contributed by atoms with van der Waals surface area (Å²) in [7, 11) is 1.58. The minimum absolute atomic E-state index is 0.0993. The molecule has 1 aromatic heterocycles. The predicted molar refractivity (Wildman–Crippen MR) is 67.8 cm³/mol. The van der Waals surface area contributed by atoms with Crippen LogP contribution >= 0.6 is 0 Å². The van der Waals surface area contributed by atoms with Crippen molar-refractivity contribution in [3.8, 4) is 0 Å². The van der Waals surface area contributed by atoms with Crippen LogP contribution in [0.5, 0.6) is 0 Å². The molecule has 0 aliphatic carbocycles. The molecule has 0 saturated carbocycles. The number of aliphatic carboxylic acids is 1. The van der Waals surface area contributed by atoms with Gasteiger partial charge in [-0.1, -0.05) is 13.8 Å². The van der Waals surface area contributed by atoms with Gasteiger partial charge in [0, 0.05) is 25.4 Å². The third kappa shape index (κ3) is 4.29. The van der Waals surface area contributed by atoms with Crippen LogP contribution in [0.15, 0.2) is 12.4 Å². The molecular weight excluding hydrogens is 234 g/mol. The van der Waals surface area contributed by atoms with Crippen molar-refractivity contribution in [3.63, 3.8) is 0 Å². The summed E-state index contributed by atoms with van der Waals surface area (Å²) in [6.07, 6.45) is 1.46. The second-order valence-electron chi connectivity index (χ2n) is 4.26. The summed E-state index contributed by atoms with van der Waals surface area (Å²) in [4.78, 5) is 20.8. The van der Waals surface area contributed by atoms with E-state index in [-0.39, 0.29) is 12.5 Å². The summed E-state index contributed by atoms with van der Waals surface area (Å²) in [5.41, 5.74) is 0.896. The Kier molecular flexibility index (Phi) is 5.51. The summed E-state index contributed by atoms with van der Waals surface area (Å²) in [5, 5.41) is 8.90. The number of rotatable bonds is 7. The molecule has 0 aliphatic rings. The number of anilines is 1. The molecular formula is C12H19N3O3. The van der Waals surface area contributed by atoms with Crippen LogP contribution in [-0.2, 0) is 9.53 Å². The lowest BCUT2D eigenvalue weighted by atomic mass is 10.1. The van der Waals surface area contributed by atoms with Crippen molar-refractivity contribution >= 4 is 11.8 Å². The number of carbonyl (C=O) groups is 1. The molecule has 0 saturated heterocycles. The van der Waals surface area contributed by atoms with Crippen LogP contribution in [0.4, 0.5) is 5.82 Å². The molecule has 100 valence electrons. The first-order valence-electron chi connectivity index (χ1n) is 5.82. The van der Waals surface area contributed by atoms with Crippen LogP contribution in [0.2, 0.25) is 0 Å². The minimum Gasteiger partial charge on any atom is -0.480 e. The lowest BCUT2D eigenvalue weighted by Gasteiger charge is -2.21. The van der Waals surface area contributed by atoms with Crippen molar-refractivity contribution in [1.29, 1.82) is 0 Å². The molecule has 6 heteroatoms. The first-order valence-corrected chi connectivity index (χ1v) is 5.82. The molecule has 0 aromatic carbocycles. The van der Waals surface area contributed by atoms with Crippen molar-refractivity contribution in [2.24, 2.45) is 0 Å². The van der Waals surface area contributed by atoms with Crippen LogP contribution < -0.4 is 4.90 Å². The summed E-state index contributed by atoms with van der Waals surface area (Å²) >= 11 is 0. The molecule has 1 N–H and O–H groups in total. The van der Waals surface area contributed by atoms with Gasteiger partial charge in [-0.3, -0.25) is 4.79 Å². The monoisotopic (exact) mass is 253 g/mol. The molecule has 18 heavy (non-hydrogen) atoms. The fourth-order valence-corrected chi connectivity index (χ4v) is 1.49. The smallest absolute Gasteiger partial charge is 0.323 e. The van der Waals surface area contributed by atoms with Crippen LogP contribution in [0.1, 0.15) is 25.5 Å². The highest BCUT2D eigenvalue weighted by Crippen LogP contribution is 2.16. The molecule has 0 radical (unpaired) electrons. The highest BCUT2D eigenvalue weighted by molar-refractivity contribution is 5.73. The largest absolute Gasteiger partial charge is 0.480 e. The molecule has 1 heterocycles. The molecule has 0 atom stereocenters. The summed E-state index contributed by atoms with van der Waals surface area (Å²) in [6.45, 7) is 4.90. The molecule has 0 spiro atoms. The Balaban J connectivity index is 2.89. The van der Waals surface area contributed by atoms with Crippen molar-refractivity contribution in [2.45, 2.75) is 19.8 Å². The van der Waals surface area contributed by atoms with E-state index >= 15 is 0 Å². The maximum atomic E-state index is 10.8. The van der Waals surface area contributed by atoms with Gasteiger partial charge in [0.1, 0.15) is 18.7 Å². The van der Waals surface area contributed by atoms with Gasteiger partial charge in [-0.2, -0.15) is 0 Å². The molecule has 1 rings (SSSR count). The molecule has 6 nitrogen and oxygen atoms in total. The molecule has 1 aromatic rings. The highest BCUT2D eigenvalue weighted by atomic mass is 16.5. The maximum Gasteiger partial charge on any atom is 0.323 e. The Labute approximate surface area is 107 Å². The molecule has 0 unspecified atom stereocenters. The van der Waals surface area contributed by atoms with Gasteiger partial charge >= 0.3 is 5.97 Å². The van der Waals surface area contributed by atoms with Crippen LogP contribution in [0, 0.1) is 0 Å². The summed E-state index contributed by atoms with van der Waals surface area (Å²) in [5.74, 6) is 0.00446. The Hall–Kier alpha value is -1.69. The van der Waals surface area contributed by atoms with Gasteiger partial charge in [-0.15, -0.1) is 0 Å². The van der Waals surface area contributed by atoms with Gasteiger partial charge in [0.05, 0.1) is 6.61 Å². The standard InChI is InChI=1S/C12H19N3O3/c1-9(2)10-6-11(14-8-13-10)15(4-5-18-3)7-12(16)17/h6,8-9H,4-5,7H2,1-3H3,(H,16,17). The van der Waals surface area contributed by atoms with Crippen molar-refractivity contribution in [1.82, 2.24) is 9.97 Å². The lowest BCUT2D eigenvalue weighted by Crippen LogP contribution is -2.33. The van der Waals surface area contributed by atoms with E-state index in [0.717, 1.165) is 5.69 Å². The zero-order valence-corrected chi connectivity index (χ0v) is 11.0. The van der Waals surface area contributed by atoms with Gasteiger partial charge in [0.2, 0.25) is 0 Å². The van der Waals surface area contributed by atoms with Gasteiger partial charge < -0.3 is 14.7 Å². The van der Waals surface area contributed by atoms with Crippen LogP contribution in [0.25, 0.3) is 0 Å². The third-order valence-corrected chi connectivity index (χ3v) is 2.48. The van der Waals surface area contributed by atoms with Gasteiger partial charge in [0.25, 0.3) is 0 Å². The van der Waals surface area contributed by atoms with E-state index in [1.807, 2.05) is 19.9 Å². The molecule has 0 aliphatic heterocycles. The Morgan fingerprint density at radius 3 is 2.78 bits per heavy atom. The number of aromatic nitrogens is 2. The van der Waals surface area contributed by atoms with E-state index in [1.54, 1.807) is 12.0 Å². The fourth-order valence-electron chi connectivity index (χ4n) is 1.49. The summed E-state index contributed by atoms with van der Waals surface area (Å²) in [6, 6.07) is 1.82. The Morgan fingerprint density at radius 1 is 1.50 bits per heavy atom. The number of nitrogens with zero attached hydrogens (tertiary/aromatic N) is 3. The van der Waals surface area contributed by atoms with E-state index in [2.05, 4.69) is 9.97 Å². The second-order valence-corrected chi connectivity index (χ2v) is 4.26.